The number of thiophene rings is 1. The van der Waals surface area contributed by atoms with Crippen molar-refractivity contribution in [2.45, 2.75) is 18.9 Å². The number of H-pyrrole nitrogens is 1. The minimum absolute atomic E-state index is 0.278. The minimum atomic E-state index is -0.757. The molecule has 154 valence electrons. The zero-order chi connectivity index (χ0) is 21.6. The van der Waals surface area contributed by atoms with Crippen LogP contribution in [0.25, 0.3) is 10.9 Å². The normalized spacial score (nSPS) is 11.6. The maximum Gasteiger partial charge on any atom is 0.262 e. The third kappa shape index (κ3) is 4.82. The van der Waals surface area contributed by atoms with E-state index < -0.39 is 6.04 Å². The van der Waals surface area contributed by atoms with Crippen molar-refractivity contribution in [3.05, 3.63) is 88.2 Å². The van der Waals surface area contributed by atoms with E-state index in [1.165, 1.54) is 11.3 Å². The number of nitrogens with zero attached hydrogens (tertiary/aromatic N) is 1. The van der Waals surface area contributed by atoms with Crippen LogP contribution < -0.4 is 10.6 Å². The van der Waals surface area contributed by atoms with Crippen molar-refractivity contribution in [2.24, 2.45) is 0 Å². The van der Waals surface area contributed by atoms with E-state index in [1.807, 2.05) is 35.8 Å². The highest BCUT2D eigenvalue weighted by atomic mass is 32.1. The molecule has 0 aliphatic rings. The van der Waals surface area contributed by atoms with Gasteiger partial charge in [-0.25, -0.2) is 0 Å². The summed E-state index contributed by atoms with van der Waals surface area (Å²) < 4.78 is 0. The lowest BCUT2D eigenvalue weighted by Gasteiger charge is -2.18. The number of aromatic nitrogens is 1. The van der Waals surface area contributed by atoms with Gasteiger partial charge in [0.15, 0.2) is 0 Å². The number of para-hydroxylation sites is 1. The van der Waals surface area contributed by atoms with E-state index in [9.17, 15) is 9.59 Å². The van der Waals surface area contributed by atoms with Crippen molar-refractivity contribution in [1.29, 1.82) is 5.26 Å². The first kappa shape index (κ1) is 20.4. The summed E-state index contributed by atoms with van der Waals surface area (Å²) in [6.07, 6.45) is 2.53. The summed E-state index contributed by atoms with van der Waals surface area (Å²) in [5, 5.41) is 17.4. The molecule has 0 aliphatic heterocycles. The first-order valence-corrected chi connectivity index (χ1v) is 10.7. The number of nitrogens with one attached hydrogen (secondary N) is 3. The number of nitriles is 1. The van der Waals surface area contributed by atoms with E-state index in [4.69, 9.17) is 5.26 Å². The Bertz CT molecular complexity index is 1240. The molecule has 3 N–H and O–H groups in total. The molecule has 0 spiro atoms. The van der Waals surface area contributed by atoms with E-state index in [1.54, 1.807) is 36.4 Å². The van der Waals surface area contributed by atoms with Gasteiger partial charge in [0.2, 0.25) is 5.91 Å². The highest BCUT2D eigenvalue weighted by molar-refractivity contribution is 7.12. The number of aromatic amines is 1. The predicted molar refractivity (Wildman–Crippen MR) is 122 cm³/mol. The number of amides is 2. The third-order valence-electron chi connectivity index (χ3n) is 4.97. The van der Waals surface area contributed by atoms with E-state index in [0.29, 0.717) is 23.4 Å². The summed E-state index contributed by atoms with van der Waals surface area (Å²) in [6, 6.07) is 19.9. The van der Waals surface area contributed by atoms with Gasteiger partial charge in [0.05, 0.1) is 17.4 Å². The topological polar surface area (TPSA) is 97.8 Å². The van der Waals surface area contributed by atoms with Gasteiger partial charge in [0.1, 0.15) is 6.04 Å². The standard InChI is InChI=1S/C24H20N4O2S/c25-12-11-16-7-9-18(10-8-16)27-23(29)21(28-24(30)22-6-3-13-31-22)14-17-15-26-20-5-2-1-4-19(17)20/h1-10,13,15,21,26H,11,14H2,(H,27,29)(H,28,30)/t21-/m0/s1. The number of hydrogen-bond donors (Lipinski definition) is 3. The zero-order valence-electron chi connectivity index (χ0n) is 16.6. The lowest BCUT2D eigenvalue weighted by Crippen LogP contribution is -2.45. The fourth-order valence-electron chi connectivity index (χ4n) is 3.39. The minimum Gasteiger partial charge on any atom is -0.361 e. The number of hydrogen-bond acceptors (Lipinski definition) is 4. The molecule has 0 fully saturated rings. The number of rotatable bonds is 7. The molecule has 2 amide bonds. The fourth-order valence-corrected chi connectivity index (χ4v) is 4.02. The molecule has 0 unspecified atom stereocenters. The average molecular weight is 429 g/mol. The lowest BCUT2D eigenvalue weighted by molar-refractivity contribution is -0.118. The predicted octanol–water partition coefficient (Wildman–Crippen LogP) is 4.28. The molecule has 0 radical (unpaired) electrons. The van der Waals surface area contributed by atoms with Gasteiger partial charge in [-0.05, 0) is 40.8 Å². The Morgan fingerprint density at radius 3 is 2.61 bits per heavy atom. The molecule has 31 heavy (non-hydrogen) atoms. The van der Waals surface area contributed by atoms with Crippen molar-refractivity contribution in [1.82, 2.24) is 10.3 Å². The third-order valence-corrected chi connectivity index (χ3v) is 5.84. The van der Waals surface area contributed by atoms with Crippen molar-refractivity contribution in [3.63, 3.8) is 0 Å². The Kier molecular flexibility index (Phi) is 6.11. The SMILES string of the molecule is N#CCc1ccc(NC(=O)[C@H](Cc2c[nH]c3ccccc23)NC(=O)c2cccs2)cc1. The Balaban J connectivity index is 1.55. The van der Waals surface area contributed by atoms with Crippen LogP contribution in [0, 0.1) is 11.3 Å². The fraction of sp³-hybridized carbons (Fsp3) is 0.125. The van der Waals surface area contributed by atoms with Gasteiger partial charge in [0, 0.05) is 29.2 Å². The van der Waals surface area contributed by atoms with E-state index in [0.717, 1.165) is 22.0 Å². The van der Waals surface area contributed by atoms with Gasteiger partial charge in [-0.15, -0.1) is 11.3 Å². The number of benzene rings is 2. The maximum atomic E-state index is 13.1. The van der Waals surface area contributed by atoms with Crippen molar-refractivity contribution in [2.75, 3.05) is 5.32 Å². The van der Waals surface area contributed by atoms with Crippen molar-refractivity contribution in [3.8, 4) is 6.07 Å². The molecule has 0 bridgehead atoms. The second-order valence-electron chi connectivity index (χ2n) is 7.09. The molecule has 0 saturated heterocycles. The molecule has 6 nitrogen and oxygen atoms in total. The molecule has 4 aromatic rings. The zero-order valence-corrected chi connectivity index (χ0v) is 17.4. The van der Waals surface area contributed by atoms with Gasteiger partial charge in [-0.2, -0.15) is 5.26 Å². The Morgan fingerprint density at radius 2 is 1.87 bits per heavy atom. The smallest absolute Gasteiger partial charge is 0.262 e. The molecule has 4 rings (SSSR count). The second kappa shape index (κ2) is 9.28. The maximum absolute atomic E-state index is 13.1. The molecular formula is C24H20N4O2S. The van der Waals surface area contributed by atoms with Crippen LogP contribution in [0.3, 0.4) is 0 Å². The molecule has 0 saturated carbocycles. The van der Waals surface area contributed by atoms with Gasteiger partial charge in [-0.3, -0.25) is 9.59 Å². The number of anilines is 1. The van der Waals surface area contributed by atoms with Gasteiger partial charge >= 0.3 is 0 Å². The van der Waals surface area contributed by atoms with Crippen LogP contribution in [-0.4, -0.2) is 22.8 Å². The summed E-state index contributed by atoms with van der Waals surface area (Å²) in [5.41, 5.74) is 3.42. The summed E-state index contributed by atoms with van der Waals surface area (Å²) in [6.45, 7) is 0. The highest BCUT2D eigenvalue weighted by Crippen LogP contribution is 2.20. The Hall–Kier alpha value is -3.89. The van der Waals surface area contributed by atoms with E-state index in [2.05, 4.69) is 21.7 Å². The van der Waals surface area contributed by atoms with Crippen LogP contribution in [0.1, 0.15) is 20.8 Å². The summed E-state index contributed by atoms with van der Waals surface area (Å²) >= 11 is 1.33. The van der Waals surface area contributed by atoms with Gasteiger partial charge < -0.3 is 15.6 Å². The Labute approximate surface area is 183 Å². The van der Waals surface area contributed by atoms with Crippen LogP contribution in [0.15, 0.2) is 72.2 Å². The average Bonchev–Trinajstić information content (AvgIpc) is 3.45. The molecule has 2 heterocycles. The molecule has 1 atom stereocenters. The summed E-state index contributed by atoms with van der Waals surface area (Å²) in [7, 11) is 0. The van der Waals surface area contributed by atoms with Gasteiger partial charge in [-0.1, -0.05) is 36.4 Å². The number of carbonyl (C=O) groups excluding carboxylic acids is 2. The lowest BCUT2D eigenvalue weighted by atomic mass is 10.0. The first-order valence-electron chi connectivity index (χ1n) is 9.80. The van der Waals surface area contributed by atoms with Crippen LogP contribution in [0.4, 0.5) is 5.69 Å². The highest BCUT2D eigenvalue weighted by Gasteiger charge is 2.24. The molecular weight excluding hydrogens is 408 g/mol. The molecule has 2 aromatic carbocycles. The Morgan fingerprint density at radius 1 is 1.06 bits per heavy atom. The summed E-state index contributed by atoms with van der Waals surface area (Å²) in [5.74, 6) is -0.581. The monoisotopic (exact) mass is 428 g/mol. The van der Waals surface area contributed by atoms with E-state index >= 15 is 0 Å². The summed E-state index contributed by atoms with van der Waals surface area (Å²) in [4.78, 5) is 29.5. The van der Waals surface area contributed by atoms with Crippen LogP contribution in [0.5, 0.6) is 0 Å². The van der Waals surface area contributed by atoms with Crippen molar-refractivity contribution >= 4 is 39.7 Å². The van der Waals surface area contributed by atoms with Crippen LogP contribution >= 0.6 is 11.3 Å². The molecule has 7 heteroatoms. The van der Waals surface area contributed by atoms with Crippen LogP contribution in [0.2, 0.25) is 0 Å². The number of carbonyl (C=O) groups is 2. The second-order valence-corrected chi connectivity index (χ2v) is 8.04. The largest absolute Gasteiger partial charge is 0.361 e. The van der Waals surface area contributed by atoms with E-state index in [-0.39, 0.29) is 11.8 Å². The van der Waals surface area contributed by atoms with Crippen LogP contribution in [-0.2, 0) is 17.6 Å². The quantitative estimate of drug-likeness (QED) is 0.410. The van der Waals surface area contributed by atoms with Gasteiger partial charge in [0.25, 0.3) is 5.91 Å². The molecule has 0 aliphatic carbocycles. The number of fused-ring (bicyclic) bond motifs is 1. The van der Waals surface area contributed by atoms with Crippen molar-refractivity contribution < 1.29 is 9.59 Å². The molecule has 2 aromatic heterocycles. The first-order chi connectivity index (χ1) is 15.1.